The summed E-state index contributed by atoms with van der Waals surface area (Å²) in [4.78, 5) is 0. The third-order valence-electron chi connectivity index (χ3n) is 9.17. The van der Waals surface area contributed by atoms with Gasteiger partial charge in [-0.15, -0.1) is 6.58 Å². The van der Waals surface area contributed by atoms with Gasteiger partial charge in [0.15, 0.2) is 0 Å². The molecule has 2 heteroatoms. The number of hydrogen-bond donors (Lipinski definition) is 0. The molecule has 0 N–H and O–H groups in total. The Morgan fingerprint density at radius 3 is 1.84 bits per heavy atom. The zero-order valence-electron chi connectivity index (χ0n) is 31.0. The summed E-state index contributed by atoms with van der Waals surface area (Å²) in [6, 6.07) is 4.91. The standard InChI is InChI=1S/C17H30.C12H16F2.C8H16.2C2H6/c1-6-7-8-11-17(4,5)15(3)9-10-16-12-14(2)13-16;1-4-5-10-8-11(12(3,13)14)7-6-9(10)2;1-7-3-5-8(2)6-4-7;2*1-2/h6,14,16H,1,3,7-13H2,2,4-5H3;6-8H,4-5H2,1-3H3;7-8H,3-6H2,1-2H3;2*1-2H3. The molecule has 0 nitrogen and oxygen atoms in total. The molecule has 1 aromatic rings. The van der Waals surface area contributed by atoms with Crippen LogP contribution in [0.5, 0.6) is 0 Å². The molecule has 3 rings (SSSR count). The summed E-state index contributed by atoms with van der Waals surface area (Å²) < 4.78 is 26.0. The van der Waals surface area contributed by atoms with Crippen molar-refractivity contribution in [1.29, 1.82) is 0 Å². The second-order valence-corrected chi connectivity index (χ2v) is 13.8. The lowest BCUT2D eigenvalue weighted by molar-refractivity contribution is 0.0174. The molecule has 0 saturated heterocycles. The van der Waals surface area contributed by atoms with Gasteiger partial charge in [-0.25, -0.2) is 8.78 Å². The minimum atomic E-state index is -2.73. The van der Waals surface area contributed by atoms with Crippen LogP contribution < -0.4 is 0 Å². The number of alkyl halides is 2. The Hall–Kier alpha value is -1.44. The fourth-order valence-corrected chi connectivity index (χ4v) is 5.80. The van der Waals surface area contributed by atoms with Crippen molar-refractivity contribution in [3.8, 4) is 0 Å². The van der Waals surface area contributed by atoms with E-state index in [0.717, 1.165) is 61.0 Å². The van der Waals surface area contributed by atoms with Crippen molar-refractivity contribution in [2.24, 2.45) is 29.1 Å². The van der Waals surface area contributed by atoms with E-state index in [2.05, 4.69) is 54.7 Å². The number of halogens is 2. The summed E-state index contributed by atoms with van der Waals surface area (Å²) in [7, 11) is 0. The zero-order valence-corrected chi connectivity index (χ0v) is 31.0. The van der Waals surface area contributed by atoms with Crippen molar-refractivity contribution in [2.75, 3.05) is 0 Å². The molecule has 1 aromatic carbocycles. The maximum Gasteiger partial charge on any atom is 0.270 e. The van der Waals surface area contributed by atoms with Gasteiger partial charge >= 0.3 is 0 Å². The molecule has 0 heterocycles. The van der Waals surface area contributed by atoms with E-state index in [0.29, 0.717) is 5.41 Å². The van der Waals surface area contributed by atoms with Crippen molar-refractivity contribution in [3.05, 3.63) is 59.7 Å². The Kier molecular flexibility index (Phi) is 24.3. The van der Waals surface area contributed by atoms with Gasteiger partial charge in [-0.3, -0.25) is 0 Å². The molecule has 0 atom stereocenters. The molecule has 43 heavy (non-hydrogen) atoms. The van der Waals surface area contributed by atoms with E-state index in [9.17, 15) is 8.78 Å². The summed E-state index contributed by atoms with van der Waals surface area (Å²) in [6.45, 7) is 32.9. The van der Waals surface area contributed by atoms with Crippen LogP contribution in [0.25, 0.3) is 0 Å². The Morgan fingerprint density at radius 1 is 0.907 bits per heavy atom. The molecular weight excluding hydrogens is 530 g/mol. The number of hydrogen-bond acceptors (Lipinski definition) is 0. The normalized spacial score (nSPS) is 21.1. The molecule has 2 fully saturated rings. The first-order chi connectivity index (χ1) is 20.2. The summed E-state index contributed by atoms with van der Waals surface area (Å²) in [6.07, 6.45) is 18.9. The third kappa shape index (κ3) is 19.5. The summed E-state index contributed by atoms with van der Waals surface area (Å²) >= 11 is 0. The predicted molar refractivity (Wildman–Crippen MR) is 192 cm³/mol. The highest BCUT2D eigenvalue weighted by Gasteiger charge is 2.27. The lowest BCUT2D eigenvalue weighted by Gasteiger charge is -2.34. The summed E-state index contributed by atoms with van der Waals surface area (Å²) in [5, 5.41) is 0. The monoisotopic (exact) mass is 605 g/mol. The molecule has 0 bridgehead atoms. The van der Waals surface area contributed by atoms with E-state index in [1.54, 1.807) is 12.1 Å². The van der Waals surface area contributed by atoms with Crippen LogP contribution in [-0.2, 0) is 12.3 Å². The molecule has 2 aliphatic carbocycles. The molecule has 2 saturated carbocycles. The average molecular weight is 605 g/mol. The van der Waals surface area contributed by atoms with Gasteiger partial charge in [0.25, 0.3) is 5.92 Å². The second-order valence-electron chi connectivity index (χ2n) is 13.8. The van der Waals surface area contributed by atoms with E-state index in [1.165, 1.54) is 75.8 Å². The Balaban J connectivity index is 0. The molecule has 0 aliphatic heterocycles. The van der Waals surface area contributed by atoms with Crippen LogP contribution in [0.3, 0.4) is 0 Å². The first-order valence-corrected chi connectivity index (χ1v) is 18.0. The fourth-order valence-electron chi connectivity index (χ4n) is 5.80. The number of aryl methyl sites for hydroxylation is 2. The molecule has 2 aliphatic rings. The lowest BCUT2D eigenvalue weighted by Crippen LogP contribution is -2.22. The summed E-state index contributed by atoms with van der Waals surface area (Å²) in [5.74, 6) is 1.29. The second kappa shape index (κ2) is 23.9. The highest BCUT2D eigenvalue weighted by molar-refractivity contribution is 5.33. The lowest BCUT2D eigenvalue weighted by atomic mass is 9.71. The van der Waals surface area contributed by atoms with Crippen LogP contribution in [0.1, 0.15) is 170 Å². The minimum Gasteiger partial charge on any atom is -0.202 e. The van der Waals surface area contributed by atoms with Crippen molar-refractivity contribution >= 4 is 0 Å². The molecule has 0 radical (unpaired) electrons. The average Bonchev–Trinajstić information content (AvgIpc) is 2.95. The van der Waals surface area contributed by atoms with Gasteiger partial charge < -0.3 is 0 Å². The van der Waals surface area contributed by atoms with E-state index >= 15 is 0 Å². The Labute approximate surface area is 269 Å². The van der Waals surface area contributed by atoms with E-state index in [-0.39, 0.29) is 5.56 Å². The van der Waals surface area contributed by atoms with Gasteiger partial charge in [-0.1, -0.05) is 132 Å². The number of benzene rings is 1. The van der Waals surface area contributed by atoms with Crippen LogP contribution in [0.2, 0.25) is 0 Å². The topological polar surface area (TPSA) is 0 Å². The van der Waals surface area contributed by atoms with Gasteiger partial charge in [-0.05, 0) is 105 Å². The fraction of sp³-hybridized carbons (Fsp3) is 0.756. The molecule has 0 unspecified atom stereocenters. The SMILES string of the molecule is C=CCCCC(C)(C)C(=C)CCC1CC(C)C1.CC.CC.CC1CCC(C)CC1.CCCc1cc(C(C)(F)F)ccc1C. The van der Waals surface area contributed by atoms with Gasteiger partial charge in [-0.2, -0.15) is 0 Å². The van der Waals surface area contributed by atoms with Gasteiger partial charge in [0.05, 0.1) is 0 Å². The molecule has 252 valence electrons. The third-order valence-corrected chi connectivity index (χ3v) is 9.17. The first-order valence-electron chi connectivity index (χ1n) is 18.0. The largest absolute Gasteiger partial charge is 0.270 e. The van der Waals surface area contributed by atoms with Crippen molar-refractivity contribution in [1.82, 2.24) is 0 Å². The van der Waals surface area contributed by atoms with Crippen molar-refractivity contribution in [2.45, 2.75) is 172 Å². The van der Waals surface area contributed by atoms with Crippen molar-refractivity contribution < 1.29 is 8.78 Å². The smallest absolute Gasteiger partial charge is 0.202 e. The quantitative estimate of drug-likeness (QED) is 0.174. The predicted octanol–water partition coefficient (Wildman–Crippen LogP) is 14.7. The number of allylic oxidation sites excluding steroid dienone is 2. The van der Waals surface area contributed by atoms with Gasteiger partial charge in [0.2, 0.25) is 0 Å². The zero-order chi connectivity index (χ0) is 33.6. The molecular formula is C41H74F2. The van der Waals surface area contributed by atoms with Crippen LogP contribution >= 0.6 is 0 Å². The van der Waals surface area contributed by atoms with Crippen LogP contribution in [0.4, 0.5) is 8.78 Å². The van der Waals surface area contributed by atoms with Crippen LogP contribution in [0, 0.1) is 36.0 Å². The van der Waals surface area contributed by atoms with Crippen LogP contribution in [-0.4, -0.2) is 0 Å². The highest BCUT2D eigenvalue weighted by Crippen LogP contribution is 2.40. The van der Waals surface area contributed by atoms with Gasteiger partial charge in [0, 0.05) is 12.5 Å². The Morgan fingerprint density at radius 2 is 1.42 bits per heavy atom. The maximum atomic E-state index is 13.0. The van der Waals surface area contributed by atoms with E-state index < -0.39 is 5.92 Å². The highest BCUT2D eigenvalue weighted by atomic mass is 19.3. The number of rotatable bonds is 11. The van der Waals surface area contributed by atoms with Gasteiger partial charge in [0.1, 0.15) is 0 Å². The van der Waals surface area contributed by atoms with Crippen molar-refractivity contribution in [3.63, 3.8) is 0 Å². The molecule has 0 aromatic heterocycles. The molecule has 0 spiro atoms. The minimum absolute atomic E-state index is 0.117. The van der Waals surface area contributed by atoms with E-state index in [1.807, 2.05) is 40.7 Å². The summed E-state index contributed by atoms with van der Waals surface area (Å²) in [5.41, 5.74) is 4.03. The first kappa shape index (κ1) is 43.7. The van der Waals surface area contributed by atoms with E-state index in [4.69, 9.17) is 0 Å². The van der Waals surface area contributed by atoms with Crippen LogP contribution in [0.15, 0.2) is 43.0 Å². The molecule has 0 amide bonds. The number of unbranched alkanes of at least 4 members (excludes halogenated alkanes) is 1. The maximum absolute atomic E-state index is 13.0. The Bertz CT molecular complexity index is 820.